The number of hydrogen-bond donors (Lipinski definition) is 3. The molecule has 0 fully saturated rings. The predicted octanol–water partition coefficient (Wildman–Crippen LogP) is 0.642. The molecular weight excluding hydrogens is 218 g/mol. The predicted molar refractivity (Wildman–Crippen MR) is 66.9 cm³/mol. The fourth-order valence-electron chi connectivity index (χ4n) is 1.45. The van der Waals surface area contributed by atoms with E-state index in [9.17, 15) is 9.59 Å². The molecule has 0 unspecified atom stereocenters. The summed E-state index contributed by atoms with van der Waals surface area (Å²) in [5, 5.41) is 5.57. The summed E-state index contributed by atoms with van der Waals surface area (Å²) in [5.41, 5.74) is 7.23. The van der Waals surface area contributed by atoms with Gasteiger partial charge in [-0.25, -0.2) is 0 Å². The van der Waals surface area contributed by atoms with Gasteiger partial charge in [0, 0.05) is 12.2 Å². The summed E-state index contributed by atoms with van der Waals surface area (Å²) >= 11 is 0. The van der Waals surface area contributed by atoms with Gasteiger partial charge < -0.3 is 16.4 Å². The lowest BCUT2D eigenvalue weighted by molar-refractivity contribution is -0.117. The van der Waals surface area contributed by atoms with Crippen LogP contribution in [0.1, 0.15) is 22.8 Å². The van der Waals surface area contributed by atoms with Crippen LogP contribution in [0.25, 0.3) is 0 Å². The fourth-order valence-corrected chi connectivity index (χ4v) is 1.45. The number of anilines is 1. The van der Waals surface area contributed by atoms with E-state index >= 15 is 0 Å². The Labute approximate surface area is 100 Å². The minimum Gasteiger partial charge on any atom is -0.385 e. The van der Waals surface area contributed by atoms with Crippen LogP contribution < -0.4 is 16.4 Å². The SMILES string of the molecule is CCNc1ccc(C)cc1C(=O)NCC(N)=O. The number of carbonyl (C=O) groups excluding carboxylic acids is 2. The molecule has 92 valence electrons. The lowest BCUT2D eigenvalue weighted by Crippen LogP contribution is -2.33. The van der Waals surface area contributed by atoms with Crippen molar-refractivity contribution in [1.82, 2.24) is 5.32 Å². The second-order valence-electron chi connectivity index (χ2n) is 3.73. The van der Waals surface area contributed by atoms with E-state index in [1.165, 1.54) is 0 Å². The van der Waals surface area contributed by atoms with Gasteiger partial charge in [-0.15, -0.1) is 0 Å². The Balaban J connectivity index is 2.89. The number of amides is 2. The molecule has 0 bridgehead atoms. The first kappa shape index (κ1) is 13.0. The van der Waals surface area contributed by atoms with Gasteiger partial charge in [-0.1, -0.05) is 11.6 Å². The molecule has 2 amide bonds. The molecule has 0 spiro atoms. The van der Waals surface area contributed by atoms with Gasteiger partial charge in [-0.2, -0.15) is 0 Å². The molecule has 1 aromatic carbocycles. The Hall–Kier alpha value is -2.04. The van der Waals surface area contributed by atoms with Crippen molar-refractivity contribution in [3.05, 3.63) is 29.3 Å². The van der Waals surface area contributed by atoms with Crippen LogP contribution in [0, 0.1) is 6.92 Å². The second-order valence-corrected chi connectivity index (χ2v) is 3.73. The van der Waals surface area contributed by atoms with Gasteiger partial charge in [0.1, 0.15) is 0 Å². The molecule has 1 aromatic rings. The molecule has 0 atom stereocenters. The monoisotopic (exact) mass is 235 g/mol. The number of primary amides is 1. The summed E-state index contributed by atoms with van der Waals surface area (Å²) in [6, 6.07) is 5.54. The van der Waals surface area contributed by atoms with E-state index in [-0.39, 0.29) is 12.5 Å². The van der Waals surface area contributed by atoms with Crippen LogP contribution in [0.3, 0.4) is 0 Å². The van der Waals surface area contributed by atoms with Crippen molar-refractivity contribution in [2.24, 2.45) is 5.73 Å². The lowest BCUT2D eigenvalue weighted by atomic mass is 10.1. The first-order valence-electron chi connectivity index (χ1n) is 5.45. The number of nitrogens with one attached hydrogen (secondary N) is 2. The highest BCUT2D eigenvalue weighted by Crippen LogP contribution is 2.17. The Kier molecular flexibility index (Phi) is 4.51. The maximum atomic E-state index is 11.8. The molecular formula is C12H17N3O2. The normalized spacial score (nSPS) is 9.76. The van der Waals surface area contributed by atoms with Gasteiger partial charge in [0.15, 0.2) is 0 Å². The molecule has 0 aliphatic rings. The lowest BCUT2D eigenvalue weighted by Gasteiger charge is -2.11. The van der Waals surface area contributed by atoms with Gasteiger partial charge in [-0.05, 0) is 26.0 Å². The Bertz CT molecular complexity index is 430. The van der Waals surface area contributed by atoms with E-state index in [0.29, 0.717) is 5.56 Å². The van der Waals surface area contributed by atoms with Crippen molar-refractivity contribution in [2.75, 3.05) is 18.4 Å². The van der Waals surface area contributed by atoms with Gasteiger partial charge in [-0.3, -0.25) is 9.59 Å². The zero-order valence-corrected chi connectivity index (χ0v) is 10.0. The number of nitrogens with two attached hydrogens (primary N) is 1. The minimum absolute atomic E-state index is 0.154. The van der Waals surface area contributed by atoms with Crippen LogP contribution in [0.15, 0.2) is 18.2 Å². The number of rotatable bonds is 5. The van der Waals surface area contributed by atoms with Gasteiger partial charge in [0.2, 0.25) is 5.91 Å². The number of aryl methyl sites for hydroxylation is 1. The molecule has 1 rings (SSSR count). The topological polar surface area (TPSA) is 84.2 Å². The molecule has 17 heavy (non-hydrogen) atoms. The largest absolute Gasteiger partial charge is 0.385 e. The van der Waals surface area contributed by atoms with E-state index < -0.39 is 5.91 Å². The highest BCUT2D eigenvalue weighted by molar-refractivity contribution is 6.01. The molecule has 4 N–H and O–H groups in total. The van der Waals surface area contributed by atoms with Gasteiger partial charge in [0.25, 0.3) is 5.91 Å². The molecule has 0 aliphatic heterocycles. The van der Waals surface area contributed by atoms with E-state index in [0.717, 1.165) is 17.8 Å². The Morgan fingerprint density at radius 3 is 2.65 bits per heavy atom. The summed E-state index contributed by atoms with van der Waals surface area (Å²) in [7, 11) is 0. The number of hydrogen-bond acceptors (Lipinski definition) is 3. The second kappa shape index (κ2) is 5.89. The summed E-state index contributed by atoms with van der Waals surface area (Å²) in [6.07, 6.45) is 0. The minimum atomic E-state index is -0.559. The van der Waals surface area contributed by atoms with Crippen molar-refractivity contribution in [2.45, 2.75) is 13.8 Å². The highest BCUT2D eigenvalue weighted by atomic mass is 16.2. The van der Waals surface area contributed by atoms with Gasteiger partial charge >= 0.3 is 0 Å². The zero-order chi connectivity index (χ0) is 12.8. The molecule has 0 heterocycles. The summed E-state index contributed by atoms with van der Waals surface area (Å²) in [5.74, 6) is -0.862. The highest BCUT2D eigenvalue weighted by Gasteiger charge is 2.11. The summed E-state index contributed by atoms with van der Waals surface area (Å²) < 4.78 is 0. The van der Waals surface area contributed by atoms with Crippen LogP contribution in [-0.2, 0) is 4.79 Å². The summed E-state index contributed by atoms with van der Waals surface area (Å²) in [4.78, 5) is 22.4. The van der Waals surface area contributed by atoms with Crippen LogP contribution >= 0.6 is 0 Å². The average Bonchev–Trinajstić information content (AvgIpc) is 2.28. The molecule has 0 aromatic heterocycles. The third-order valence-corrected chi connectivity index (χ3v) is 2.21. The third kappa shape index (κ3) is 3.79. The standard InChI is InChI=1S/C12H17N3O2/c1-3-14-10-5-4-8(2)6-9(10)12(17)15-7-11(13)16/h4-6,14H,3,7H2,1-2H3,(H2,13,16)(H,15,17). The number of benzene rings is 1. The smallest absolute Gasteiger partial charge is 0.253 e. The van der Waals surface area contributed by atoms with Crippen LogP contribution in [0.5, 0.6) is 0 Å². The van der Waals surface area contributed by atoms with E-state index in [1.807, 2.05) is 26.0 Å². The zero-order valence-electron chi connectivity index (χ0n) is 10.0. The number of carbonyl (C=O) groups is 2. The van der Waals surface area contributed by atoms with Crippen LogP contribution in [0.4, 0.5) is 5.69 Å². The first-order valence-corrected chi connectivity index (χ1v) is 5.45. The third-order valence-electron chi connectivity index (χ3n) is 2.21. The van der Waals surface area contributed by atoms with E-state index in [1.54, 1.807) is 6.07 Å². The maximum absolute atomic E-state index is 11.8. The van der Waals surface area contributed by atoms with Crippen LogP contribution in [0.2, 0.25) is 0 Å². The van der Waals surface area contributed by atoms with Crippen LogP contribution in [-0.4, -0.2) is 24.9 Å². The molecule has 0 saturated carbocycles. The average molecular weight is 235 g/mol. The van der Waals surface area contributed by atoms with Crippen molar-refractivity contribution in [3.8, 4) is 0 Å². The molecule has 5 nitrogen and oxygen atoms in total. The van der Waals surface area contributed by atoms with E-state index in [4.69, 9.17) is 5.73 Å². The molecule has 5 heteroatoms. The quantitative estimate of drug-likeness (QED) is 0.700. The maximum Gasteiger partial charge on any atom is 0.253 e. The Morgan fingerprint density at radius 2 is 2.06 bits per heavy atom. The van der Waals surface area contributed by atoms with Gasteiger partial charge in [0.05, 0.1) is 12.1 Å². The van der Waals surface area contributed by atoms with E-state index in [2.05, 4.69) is 10.6 Å². The first-order chi connectivity index (χ1) is 8.04. The molecule has 0 saturated heterocycles. The van der Waals surface area contributed by atoms with Crippen molar-refractivity contribution < 1.29 is 9.59 Å². The van der Waals surface area contributed by atoms with Crippen molar-refractivity contribution in [1.29, 1.82) is 0 Å². The molecule has 0 aliphatic carbocycles. The summed E-state index contributed by atoms with van der Waals surface area (Å²) in [6.45, 7) is 4.42. The Morgan fingerprint density at radius 1 is 1.35 bits per heavy atom. The fraction of sp³-hybridized carbons (Fsp3) is 0.333. The van der Waals surface area contributed by atoms with Crippen molar-refractivity contribution in [3.63, 3.8) is 0 Å². The molecule has 0 radical (unpaired) electrons. The van der Waals surface area contributed by atoms with Crippen molar-refractivity contribution >= 4 is 17.5 Å².